The summed E-state index contributed by atoms with van der Waals surface area (Å²) in [5.74, 6) is -0.928. The van der Waals surface area contributed by atoms with Gasteiger partial charge in [-0.25, -0.2) is 0 Å². The van der Waals surface area contributed by atoms with E-state index in [1.807, 2.05) is 0 Å². The lowest BCUT2D eigenvalue weighted by atomic mass is 10.3. The molecule has 0 aliphatic heterocycles. The van der Waals surface area contributed by atoms with Gasteiger partial charge in [-0.3, -0.25) is 4.79 Å². The van der Waals surface area contributed by atoms with Crippen LogP contribution in [0.3, 0.4) is 0 Å². The Balaban J connectivity index is 2.70. The first-order valence-electron chi connectivity index (χ1n) is 4.70. The Morgan fingerprint density at radius 1 is 1.44 bits per heavy atom. The molecule has 0 bridgehead atoms. The van der Waals surface area contributed by atoms with Gasteiger partial charge in [0.2, 0.25) is 5.91 Å². The van der Waals surface area contributed by atoms with Crippen molar-refractivity contribution in [2.75, 3.05) is 5.32 Å². The molecule has 1 aromatic rings. The number of carbonyl (C=O) groups is 1. The Labute approximate surface area is 106 Å². The van der Waals surface area contributed by atoms with Crippen molar-refractivity contribution in [2.24, 2.45) is 5.73 Å². The zero-order chi connectivity index (χ0) is 13.8. The number of anilines is 1. The smallest absolute Gasteiger partial charge is 0.406 e. The molecule has 0 aliphatic carbocycles. The highest BCUT2D eigenvalue weighted by atomic mass is 32.1. The van der Waals surface area contributed by atoms with Crippen LogP contribution in [0.25, 0.3) is 0 Å². The number of rotatable bonds is 4. The highest BCUT2D eigenvalue weighted by Gasteiger charge is 2.31. The number of halogens is 3. The maximum atomic E-state index is 12.0. The first-order valence-corrected chi connectivity index (χ1v) is 5.11. The minimum absolute atomic E-state index is 0.00445. The molecule has 0 radical (unpaired) electrons. The number of nitrogens with one attached hydrogen (secondary N) is 1. The van der Waals surface area contributed by atoms with E-state index in [1.54, 1.807) is 0 Å². The average molecular weight is 278 g/mol. The second-order valence-electron chi connectivity index (χ2n) is 3.27. The molecule has 3 N–H and O–H groups in total. The van der Waals surface area contributed by atoms with Crippen LogP contribution in [0.15, 0.2) is 24.3 Å². The lowest BCUT2D eigenvalue weighted by Crippen LogP contribution is -2.20. The number of carbonyl (C=O) groups excluding carboxylic acids is 1. The second kappa shape index (κ2) is 5.67. The van der Waals surface area contributed by atoms with Gasteiger partial charge in [0.25, 0.3) is 0 Å². The van der Waals surface area contributed by atoms with Crippen molar-refractivity contribution in [3.8, 4) is 5.75 Å². The highest BCUT2D eigenvalue weighted by Crippen LogP contribution is 2.24. The SMILES string of the molecule is NC(=S)CC(=O)Nc1cccc(OC(F)(F)F)c1. The van der Waals surface area contributed by atoms with Gasteiger partial charge in [-0.2, -0.15) is 0 Å². The highest BCUT2D eigenvalue weighted by molar-refractivity contribution is 7.80. The lowest BCUT2D eigenvalue weighted by Gasteiger charge is -2.10. The number of nitrogens with two attached hydrogens (primary N) is 1. The molecule has 0 fully saturated rings. The maximum Gasteiger partial charge on any atom is 0.573 e. The Hall–Kier alpha value is -1.83. The summed E-state index contributed by atoms with van der Waals surface area (Å²) in [4.78, 5) is 11.3. The molecule has 0 aromatic heterocycles. The number of alkyl halides is 3. The number of hydrogen-bond donors (Lipinski definition) is 2. The molecule has 0 atom stereocenters. The third-order valence-corrected chi connectivity index (χ3v) is 1.83. The van der Waals surface area contributed by atoms with Crippen LogP contribution in [-0.2, 0) is 4.79 Å². The Bertz CT molecular complexity index is 463. The van der Waals surface area contributed by atoms with Crippen LogP contribution in [-0.4, -0.2) is 17.3 Å². The van der Waals surface area contributed by atoms with Crippen LogP contribution in [0.4, 0.5) is 18.9 Å². The standard InChI is InChI=1S/C10H9F3N2O2S/c11-10(12,13)17-7-3-1-2-6(4-7)15-9(16)5-8(14)18/h1-4H,5H2,(H2,14,18)(H,15,16). The van der Waals surface area contributed by atoms with Crippen molar-refractivity contribution in [2.45, 2.75) is 12.8 Å². The van der Waals surface area contributed by atoms with Gasteiger partial charge in [0.05, 0.1) is 11.4 Å². The summed E-state index contributed by atoms with van der Waals surface area (Å²) in [7, 11) is 0. The van der Waals surface area contributed by atoms with E-state index in [9.17, 15) is 18.0 Å². The van der Waals surface area contributed by atoms with Crippen LogP contribution in [0.2, 0.25) is 0 Å². The Morgan fingerprint density at radius 2 is 2.11 bits per heavy atom. The van der Waals surface area contributed by atoms with E-state index in [0.29, 0.717) is 0 Å². The molecule has 18 heavy (non-hydrogen) atoms. The molecule has 98 valence electrons. The maximum absolute atomic E-state index is 12.0. The van der Waals surface area contributed by atoms with Crippen molar-refractivity contribution < 1.29 is 22.7 Å². The molecule has 0 spiro atoms. The van der Waals surface area contributed by atoms with Crippen molar-refractivity contribution in [3.05, 3.63) is 24.3 Å². The molecule has 1 aromatic carbocycles. The van der Waals surface area contributed by atoms with Crippen LogP contribution < -0.4 is 15.8 Å². The summed E-state index contributed by atoms with van der Waals surface area (Å²) in [6.07, 6.45) is -4.96. The summed E-state index contributed by atoms with van der Waals surface area (Å²) >= 11 is 4.53. The van der Waals surface area contributed by atoms with E-state index in [1.165, 1.54) is 12.1 Å². The predicted molar refractivity (Wildman–Crippen MR) is 63.2 cm³/mol. The fourth-order valence-electron chi connectivity index (χ4n) is 1.13. The minimum atomic E-state index is -4.78. The zero-order valence-corrected chi connectivity index (χ0v) is 9.77. The number of ether oxygens (including phenoxy) is 1. The monoisotopic (exact) mass is 278 g/mol. The molecule has 0 unspecified atom stereocenters. The van der Waals surface area contributed by atoms with Crippen LogP contribution in [0, 0.1) is 0 Å². The summed E-state index contributed by atoms with van der Waals surface area (Å²) in [5.41, 5.74) is 5.32. The van der Waals surface area contributed by atoms with Crippen molar-refractivity contribution in [1.82, 2.24) is 0 Å². The number of hydrogen-bond acceptors (Lipinski definition) is 3. The average Bonchev–Trinajstić information content (AvgIpc) is 2.13. The van der Waals surface area contributed by atoms with E-state index in [2.05, 4.69) is 22.3 Å². The minimum Gasteiger partial charge on any atom is -0.406 e. The van der Waals surface area contributed by atoms with E-state index in [-0.39, 0.29) is 17.1 Å². The van der Waals surface area contributed by atoms with Gasteiger partial charge in [0.15, 0.2) is 0 Å². The molecule has 1 amide bonds. The van der Waals surface area contributed by atoms with Crippen molar-refractivity contribution in [1.29, 1.82) is 0 Å². The van der Waals surface area contributed by atoms with E-state index in [4.69, 9.17) is 5.73 Å². The van der Waals surface area contributed by atoms with Gasteiger partial charge in [0, 0.05) is 11.8 Å². The lowest BCUT2D eigenvalue weighted by molar-refractivity contribution is -0.274. The first-order chi connectivity index (χ1) is 8.26. The molecular weight excluding hydrogens is 269 g/mol. The fraction of sp³-hybridized carbons (Fsp3) is 0.200. The Morgan fingerprint density at radius 3 is 2.67 bits per heavy atom. The van der Waals surface area contributed by atoms with Gasteiger partial charge in [-0.15, -0.1) is 13.2 Å². The largest absolute Gasteiger partial charge is 0.573 e. The van der Waals surface area contributed by atoms with Crippen molar-refractivity contribution in [3.63, 3.8) is 0 Å². The molecule has 0 aliphatic rings. The zero-order valence-electron chi connectivity index (χ0n) is 8.95. The van der Waals surface area contributed by atoms with E-state index >= 15 is 0 Å². The second-order valence-corrected chi connectivity index (χ2v) is 3.79. The van der Waals surface area contributed by atoms with E-state index in [0.717, 1.165) is 12.1 Å². The molecule has 4 nitrogen and oxygen atoms in total. The number of amides is 1. The molecule has 0 saturated heterocycles. The summed E-state index contributed by atoms with van der Waals surface area (Å²) in [6, 6.07) is 4.90. The summed E-state index contributed by atoms with van der Waals surface area (Å²) < 4.78 is 39.6. The molecular formula is C10H9F3N2O2S. The number of benzene rings is 1. The van der Waals surface area contributed by atoms with Crippen molar-refractivity contribution >= 4 is 28.8 Å². The van der Waals surface area contributed by atoms with Gasteiger partial charge in [-0.05, 0) is 12.1 Å². The number of thiocarbonyl (C=S) groups is 1. The molecule has 1 rings (SSSR count). The van der Waals surface area contributed by atoms with Crippen LogP contribution in [0.5, 0.6) is 5.75 Å². The third kappa shape index (κ3) is 5.48. The third-order valence-electron chi connectivity index (χ3n) is 1.69. The topological polar surface area (TPSA) is 64.4 Å². The van der Waals surface area contributed by atoms with Crippen LogP contribution >= 0.6 is 12.2 Å². The molecule has 0 heterocycles. The predicted octanol–water partition coefficient (Wildman–Crippen LogP) is 2.20. The van der Waals surface area contributed by atoms with Gasteiger partial charge in [0.1, 0.15) is 5.75 Å². The Kier molecular flexibility index (Phi) is 4.49. The van der Waals surface area contributed by atoms with Gasteiger partial charge >= 0.3 is 6.36 Å². The summed E-state index contributed by atoms with van der Waals surface area (Å²) in [5, 5.41) is 2.35. The van der Waals surface area contributed by atoms with E-state index < -0.39 is 18.0 Å². The molecule has 0 saturated carbocycles. The summed E-state index contributed by atoms with van der Waals surface area (Å²) in [6.45, 7) is 0. The normalized spacial score (nSPS) is 10.8. The quantitative estimate of drug-likeness (QED) is 0.829. The fourth-order valence-corrected chi connectivity index (χ4v) is 1.27. The van der Waals surface area contributed by atoms with Gasteiger partial charge in [-0.1, -0.05) is 18.3 Å². The first kappa shape index (κ1) is 14.2. The molecule has 8 heteroatoms. The van der Waals surface area contributed by atoms with Crippen LogP contribution in [0.1, 0.15) is 6.42 Å². The van der Waals surface area contributed by atoms with Gasteiger partial charge < -0.3 is 15.8 Å².